The number of unbranched alkanes of at least 4 members (excludes halogenated alkanes) is 2. The molecule has 200 valence electrons. The van der Waals surface area contributed by atoms with E-state index < -0.39 is 10.3 Å². The van der Waals surface area contributed by atoms with E-state index in [-0.39, 0.29) is 16.9 Å². The molecule has 1 aromatic rings. The molecule has 6 nitrogen and oxygen atoms in total. The van der Waals surface area contributed by atoms with Gasteiger partial charge in [0.1, 0.15) is 0 Å². The maximum atomic E-state index is 11.4. The van der Waals surface area contributed by atoms with E-state index in [1.165, 1.54) is 62.9 Å². The van der Waals surface area contributed by atoms with Gasteiger partial charge in [-0.05, 0) is 129 Å². The number of aliphatic hydroxyl groups is 1. The molecule has 3 N–H and O–H groups in total. The first-order chi connectivity index (χ1) is 17.2. The minimum Gasteiger partial charge on any atom is -0.393 e. The Morgan fingerprint density at radius 1 is 1.19 bits per heavy atom. The number of nitrogens with one attached hydrogen (secondary N) is 1. The SMILES string of the molecule is C=C[C@@]12CCc3cc(NS(=O)(=O)O)ccc3[C@H]1[C@@H](CCCCCN1CCCC1)C[C@@]1(C)[C@H]2CC[C@@H]1O. The van der Waals surface area contributed by atoms with Crippen LogP contribution in [-0.2, 0) is 16.7 Å². The molecule has 0 aromatic heterocycles. The maximum absolute atomic E-state index is 11.4. The minimum absolute atomic E-state index is 0.0459. The number of nitrogens with zero attached hydrogens (tertiary/aromatic N) is 1. The number of rotatable bonds is 9. The molecule has 5 rings (SSSR count). The third-order valence-electron chi connectivity index (χ3n) is 10.4. The van der Waals surface area contributed by atoms with E-state index in [0.717, 1.165) is 38.5 Å². The molecule has 0 amide bonds. The van der Waals surface area contributed by atoms with E-state index in [1.54, 1.807) is 6.07 Å². The van der Waals surface area contributed by atoms with Crippen LogP contribution in [0.2, 0.25) is 0 Å². The van der Waals surface area contributed by atoms with E-state index >= 15 is 0 Å². The van der Waals surface area contributed by atoms with Gasteiger partial charge in [-0.25, -0.2) is 0 Å². The van der Waals surface area contributed by atoms with Crippen LogP contribution >= 0.6 is 0 Å². The van der Waals surface area contributed by atoms with Crippen molar-refractivity contribution in [3.8, 4) is 0 Å². The van der Waals surface area contributed by atoms with Gasteiger partial charge in [0.15, 0.2) is 0 Å². The second kappa shape index (κ2) is 10.0. The number of aliphatic hydroxyl groups excluding tert-OH is 1. The highest BCUT2D eigenvalue weighted by atomic mass is 32.2. The first kappa shape index (κ1) is 26.2. The summed E-state index contributed by atoms with van der Waals surface area (Å²) in [5.74, 6) is 1.21. The van der Waals surface area contributed by atoms with Crippen LogP contribution in [0.5, 0.6) is 0 Å². The van der Waals surface area contributed by atoms with Crippen molar-refractivity contribution in [2.24, 2.45) is 22.7 Å². The molecule has 1 aromatic carbocycles. The summed E-state index contributed by atoms with van der Waals surface area (Å²) >= 11 is 0. The summed E-state index contributed by atoms with van der Waals surface area (Å²) in [6.45, 7) is 10.5. The predicted octanol–water partition coefficient (Wildman–Crippen LogP) is 5.56. The largest absolute Gasteiger partial charge is 0.393 e. The number of benzene rings is 1. The Hall–Kier alpha value is -1.41. The van der Waals surface area contributed by atoms with E-state index in [4.69, 9.17) is 0 Å². The second-order valence-corrected chi connectivity index (χ2v) is 13.5. The number of hydrogen-bond acceptors (Lipinski definition) is 4. The highest BCUT2D eigenvalue weighted by Crippen LogP contribution is 2.69. The van der Waals surface area contributed by atoms with Crippen molar-refractivity contribution in [3.05, 3.63) is 42.0 Å². The number of fused-ring (bicyclic) bond motifs is 5. The molecule has 1 saturated heterocycles. The zero-order valence-electron chi connectivity index (χ0n) is 21.8. The third-order valence-corrected chi connectivity index (χ3v) is 10.9. The van der Waals surface area contributed by atoms with Gasteiger partial charge in [-0.1, -0.05) is 31.9 Å². The van der Waals surface area contributed by atoms with E-state index in [0.29, 0.717) is 23.4 Å². The smallest absolute Gasteiger partial charge is 0.357 e. The molecule has 6 atom stereocenters. The van der Waals surface area contributed by atoms with Gasteiger partial charge in [-0.2, -0.15) is 8.42 Å². The van der Waals surface area contributed by atoms with E-state index in [2.05, 4.69) is 35.3 Å². The molecule has 0 radical (unpaired) electrons. The fourth-order valence-corrected chi connectivity index (χ4v) is 9.27. The van der Waals surface area contributed by atoms with Crippen molar-refractivity contribution in [1.82, 2.24) is 4.90 Å². The minimum atomic E-state index is -4.30. The van der Waals surface area contributed by atoms with Gasteiger partial charge in [-0.15, -0.1) is 6.58 Å². The highest BCUT2D eigenvalue weighted by molar-refractivity contribution is 7.87. The molecule has 3 fully saturated rings. The molecule has 0 bridgehead atoms. The van der Waals surface area contributed by atoms with E-state index in [9.17, 15) is 18.1 Å². The van der Waals surface area contributed by atoms with Gasteiger partial charge in [0, 0.05) is 0 Å². The van der Waals surface area contributed by atoms with Crippen LogP contribution in [0.3, 0.4) is 0 Å². The summed E-state index contributed by atoms with van der Waals surface area (Å²) in [6.07, 6.45) is 14.3. The summed E-state index contributed by atoms with van der Waals surface area (Å²) < 4.78 is 34.3. The van der Waals surface area contributed by atoms with Crippen molar-refractivity contribution in [2.75, 3.05) is 24.4 Å². The van der Waals surface area contributed by atoms with Gasteiger partial charge < -0.3 is 10.0 Å². The summed E-state index contributed by atoms with van der Waals surface area (Å²) in [4.78, 5) is 2.60. The van der Waals surface area contributed by atoms with Crippen LogP contribution in [0.1, 0.15) is 88.2 Å². The lowest BCUT2D eigenvalue weighted by Gasteiger charge is -2.60. The van der Waals surface area contributed by atoms with Crippen molar-refractivity contribution < 1.29 is 18.1 Å². The average Bonchev–Trinajstić information content (AvgIpc) is 3.45. The Kier molecular flexibility index (Phi) is 7.31. The van der Waals surface area contributed by atoms with Crippen LogP contribution < -0.4 is 4.72 Å². The maximum Gasteiger partial charge on any atom is 0.357 e. The Bertz CT molecular complexity index is 1070. The Balaban J connectivity index is 1.41. The number of aryl methyl sites for hydroxylation is 1. The fourth-order valence-electron chi connectivity index (χ4n) is 8.84. The highest BCUT2D eigenvalue weighted by Gasteiger charge is 2.63. The molecular formula is C29H44N2O4S. The van der Waals surface area contributed by atoms with Gasteiger partial charge in [-0.3, -0.25) is 9.27 Å². The molecule has 1 aliphatic heterocycles. The van der Waals surface area contributed by atoms with Crippen LogP contribution in [-0.4, -0.2) is 48.7 Å². The third kappa shape index (κ3) is 4.77. The number of anilines is 1. The van der Waals surface area contributed by atoms with E-state index in [1.807, 2.05) is 6.07 Å². The second-order valence-electron chi connectivity index (χ2n) is 12.3. The van der Waals surface area contributed by atoms with Gasteiger partial charge in [0.2, 0.25) is 0 Å². The Morgan fingerprint density at radius 2 is 1.97 bits per heavy atom. The van der Waals surface area contributed by atoms with Crippen LogP contribution in [0, 0.1) is 22.7 Å². The van der Waals surface area contributed by atoms with Gasteiger partial charge in [0.25, 0.3) is 0 Å². The van der Waals surface area contributed by atoms with Crippen molar-refractivity contribution >= 4 is 16.0 Å². The van der Waals surface area contributed by atoms with Crippen molar-refractivity contribution in [1.29, 1.82) is 0 Å². The molecule has 7 heteroatoms. The topological polar surface area (TPSA) is 89.9 Å². The zero-order chi connectivity index (χ0) is 25.6. The van der Waals surface area contributed by atoms with Crippen molar-refractivity contribution in [3.63, 3.8) is 0 Å². The molecule has 36 heavy (non-hydrogen) atoms. The summed E-state index contributed by atoms with van der Waals surface area (Å²) in [6, 6.07) is 5.77. The molecular weight excluding hydrogens is 472 g/mol. The molecule has 1 heterocycles. The molecule has 4 aliphatic rings. The lowest BCUT2D eigenvalue weighted by molar-refractivity contribution is -0.0812. The first-order valence-electron chi connectivity index (χ1n) is 14.1. The number of hydrogen-bond donors (Lipinski definition) is 3. The standard InChI is InChI=1S/C29H44N2O4S/c1-3-29-15-14-21-19-23(30-36(33,34)35)10-11-24(21)27(29)22(20-28(2)25(29)12-13-26(28)32)9-5-4-6-16-31-17-7-8-18-31/h3,10-11,19,22,25-27,30,32H,1,4-9,12-18,20H2,2H3,(H,33,34,35)/t22-,25+,26-,27+,28-,29-/m0/s1. The van der Waals surface area contributed by atoms with Crippen LogP contribution in [0.25, 0.3) is 0 Å². The fraction of sp³-hybridized carbons (Fsp3) is 0.724. The zero-order valence-corrected chi connectivity index (χ0v) is 22.6. The normalized spacial score (nSPS) is 36.2. The quantitative estimate of drug-likeness (QED) is 0.227. The molecule has 3 aliphatic carbocycles. The summed E-state index contributed by atoms with van der Waals surface area (Å²) in [7, 11) is -4.30. The number of likely N-dealkylation sites (tertiary alicyclic amines) is 1. The molecule has 0 spiro atoms. The predicted molar refractivity (Wildman–Crippen MR) is 144 cm³/mol. The van der Waals surface area contributed by atoms with Crippen molar-refractivity contribution in [2.45, 2.75) is 89.6 Å². The molecule has 2 saturated carbocycles. The average molecular weight is 517 g/mol. The lowest BCUT2D eigenvalue weighted by Crippen LogP contribution is -2.54. The first-order valence-corrected chi connectivity index (χ1v) is 15.5. The van der Waals surface area contributed by atoms with Crippen LogP contribution in [0.15, 0.2) is 30.9 Å². The Morgan fingerprint density at radius 3 is 2.69 bits per heavy atom. The van der Waals surface area contributed by atoms with Gasteiger partial charge in [0.05, 0.1) is 11.8 Å². The Labute approximate surface area is 217 Å². The summed E-state index contributed by atoms with van der Waals surface area (Å²) in [5, 5.41) is 11.1. The summed E-state index contributed by atoms with van der Waals surface area (Å²) in [5.41, 5.74) is 2.78. The molecule has 0 unspecified atom stereocenters. The monoisotopic (exact) mass is 516 g/mol. The van der Waals surface area contributed by atoms with Crippen LogP contribution in [0.4, 0.5) is 5.69 Å². The number of allylic oxidation sites excluding steroid dienone is 1. The lowest BCUT2D eigenvalue weighted by atomic mass is 9.44. The van der Waals surface area contributed by atoms with Gasteiger partial charge >= 0.3 is 10.3 Å².